The van der Waals surface area contributed by atoms with E-state index in [1.807, 2.05) is 4.68 Å². The number of hydrogen-bond acceptors (Lipinski definition) is 5. The van der Waals surface area contributed by atoms with E-state index in [2.05, 4.69) is 15.5 Å². The van der Waals surface area contributed by atoms with Crippen molar-refractivity contribution < 1.29 is 5.11 Å². The van der Waals surface area contributed by atoms with Crippen molar-refractivity contribution in [2.45, 2.75) is 30.5 Å². The van der Waals surface area contributed by atoms with Gasteiger partial charge < -0.3 is 5.11 Å². The van der Waals surface area contributed by atoms with Crippen molar-refractivity contribution in [1.82, 2.24) is 20.2 Å². The molecule has 1 N–H and O–H groups in total. The van der Waals surface area contributed by atoms with Crippen LogP contribution in [0.2, 0.25) is 0 Å². The summed E-state index contributed by atoms with van der Waals surface area (Å²) in [5.41, 5.74) is 0. The van der Waals surface area contributed by atoms with Gasteiger partial charge in [0.15, 0.2) is 0 Å². The van der Waals surface area contributed by atoms with E-state index in [9.17, 15) is 0 Å². The second kappa shape index (κ2) is 4.06. The molecule has 0 unspecified atom stereocenters. The molecule has 1 aliphatic carbocycles. The van der Waals surface area contributed by atoms with Gasteiger partial charge in [-0.05, 0) is 29.7 Å². The first kappa shape index (κ1) is 8.96. The monoisotopic (exact) mass is 200 g/mol. The molecule has 1 aromatic rings. The number of tetrazole rings is 1. The van der Waals surface area contributed by atoms with Gasteiger partial charge >= 0.3 is 0 Å². The fourth-order valence-electron chi connectivity index (χ4n) is 1.06. The van der Waals surface area contributed by atoms with Crippen molar-refractivity contribution in [3.8, 4) is 0 Å². The van der Waals surface area contributed by atoms with Crippen LogP contribution in [0.5, 0.6) is 0 Å². The molecule has 0 bridgehead atoms. The molecule has 6 heteroatoms. The van der Waals surface area contributed by atoms with Gasteiger partial charge in [0.05, 0.1) is 6.04 Å². The molecular formula is C7H12N4OS. The SMILES string of the molecule is OCCCSc1nnnn1C1CC1. The number of aliphatic hydroxyl groups is 1. The van der Waals surface area contributed by atoms with Gasteiger partial charge in [0, 0.05) is 12.4 Å². The summed E-state index contributed by atoms with van der Waals surface area (Å²) >= 11 is 1.61. The molecule has 0 aliphatic heterocycles. The molecule has 13 heavy (non-hydrogen) atoms. The molecule has 0 saturated heterocycles. The number of thioether (sulfide) groups is 1. The summed E-state index contributed by atoms with van der Waals surface area (Å²) < 4.78 is 1.89. The molecule has 72 valence electrons. The minimum absolute atomic E-state index is 0.234. The van der Waals surface area contributed by atoms with Crippen LogP contribution < -0.4 is 0 Å². The quantitative estimate of drug-likeness (QED) is 0.553. The van der Waals surface area contributed by atoms with Crippen LogP contribution in [0.4, 0.5) is 0 Å². The van der Waals surface area contributed by atoms with Crippen molar-refractivity contribution in [1.29, 1.82) is 0 Å². The Balaban J connectivity index is 1.90. The molecular weight excluding hydrogens is 188 g/mol. The van der Waals surface area contributed by atoms with Gasteiger partial charge in [-0.2, -0.15) is 0 Å². The van der Waals surface area contributed by atoms with Crippen LogP contribution in [0, 0.1) is 0 Å². The zero-order valence-corrected chi connectivity index (χ0v) is 8.07. The van der Waals surface area contributed by atoms with E-state index in [4.69, 9.17) is 5.11 Å². The molecule has 0 spiro atoms. The third-order valence-corrected chi connectivity index (χ3v) is 2.91. The molecule has 0 aromatic carbocycles. The summed E-state index contributed by atoms with van der Waals surface area (Å²) in [5, 5.41) is 21.0. The van der Waals surface area contributed by atoms with Gasteiger partial charge in [-0.3, -0.25) is 0 Å². The number of hydrogen-bond donors (Lipinski definition) is 1. The highest BCUT2D eigenvalue weighted by atomic mass is 32.2. The molecule has 0 atom stereocenters. The molecule has 1 fully saturated rings. The Morgan fingerprint density at radius 3 is 3.08 bits per heavy atom. The summed E-state index contributed by atoms with van der Waals surface area (Å²) in [6.45, 7) is 0.234. The first-order valence-corrected chi connectivity index (χ1v) is 5.42. The van der Waals surface area contributed by atoms with Crippen molar-refractivity contribution in [2.24, 2.45) is 0 Å². The van der Waals surface area contributed by atoms with Gasteiger partial charge in [0.2, 0.25) is 5.16 Å². The molecule has 1 aromatic heterocycles. The molecule has 2 rings (SSSR count). The van der Waals surface area contributed by atoms with Gasteiger partial charge in [0.25, 0.3) is 0 Å². The first-order chi connectivity index (χ1) is 6.42. The summed E-state index contributed by atoms with van der Waals surface area (Å²) in [4.78, 5) is 0. The Morgan fingerprint density at radius 1 is 1.54 bits per heavy atom. The van der Waals surface area contributed by atoms with Gasteiger partial charge in [0.1, 0.15) is 0 Å². The fraction of sp³-hybridized carbons (Fsp3) is 0.857. The first-order valence-electron chi connectivity index (χ1n) is 4.43. The van der Waals surface area contributed by atoms with Crippen LogP contribution in [-0.2, 0) is 0 Å². The second-order valence-corrected chi connectivity index (χ2v) is 4.12. The lowest BCUT2D eigenvalue weighted by atomic mass is 10.5. The average Bonchev–Trinajstić information content (AvgIpc) is 2.88. The van der Waals surface area contributed by atoms with Crippen molar-refractivity contribution >= 4 is 11.8 Å². The molecule has 1 aliphatic rings. The highest BCUT2D eigenvalue weighted by Gasteiger charge is 2.27. The number of rotatable bonds is 5. The van der Waals surface area contributed by atoms with Gasteiger partial charge in [-0.15, -0.1) is 5.10 Å². The van der Waals surface area contributed by atoms with Crippen LogP contribution in [0.15, 0.2) is 5.16 Å². The summed E-state index contributed by atoms with van der Waals surface area (Å²) in [6, 6.07) is 0.534. The lowest BCUT2D eigenvalue weighted by molar-refractivity contribution is 0.296. The van der Waals surface area contributed by atoms with E-state index in [1.165, 1.54) is 12.8 Å². The van der Waals surface area contributed by atoms with Crippen LogP contribution in [0.25, 0.3) is 0 Å². The molecule has 0 radical (unpaired) electrons. The Morgan fingerprint density at radius 2 is 2.38 bits per heavy atom. The normalized spacial score (nSPS) is 16.4. The molecule has 1 heterocycles. The second-order valence-electron chi connectivity index (χ2n) is 3.06. The van der Waals surface area contributed by atoms with E-state index < -0.39 is 0 Å². The largest absolute Gasteiger partial charge is 0.396 e. The predicted molar refractivity (Wildman–Crippen MR) is 48.5 cm³/mol. The maximum atomic E-state index is 8.61. The maximum Gasteiger partial charge on any atom is 0.209 e. The van der Waals surface area contributed by atoms with E-state index in [-0.39, 0.29) is 6.61 Å². The summed E-state index contributed by atoms with van der Waals surface area (Å²) in [6.07, 6.45) is 3.18. The minimum atomic E-state index is 0.234. The molecule has 1 saturated carbocycles. The smallest absolute Gasteiger partial charge is 0.209 e. The number of aliphatic hydroxyl groups excluding tert-OH is 1. The van der Waals surface area contributed by atoms with E-state index in [1.54, 1.807) is 11.8 Å². The van der Waals surface area contributed by atoms with E-state index >= 15 is 0 Å². The highest BCUT2D eigenvalue weighted by molar-refractivity contribution is 7.99. The van der Waals surface area contributed by atoms with Gasteiger partial charge in [-0.1, -0.05) is 11.8 Å². The summed E-state index contributed by atoms with van der Waals surface area (Å²) in [5.74, 6) is 0.879. The zero-order chi connectivity index (χ0) is 9.10. The maximum absolute atomic E-state index is 8.61. The molecule has 5 nitrogen and oxygen atoms in total. The average molecular weight is 200 g/mol. The highest BCUT2D eigenvalue weighted by Crippen LogP contribution is 2.36. The van der Waals surface area contributed by atoms with Crippen molar-refractivity contribution in [3.63, 3.8) is 0 Å². The van der Waals surface area contributed by atoms with E-state index in [0.717, 1.165) is 17.3 Å². The van der Waals surface area contributed by atoms with Gasteiger partial charge in [-0.25, -0.2) is 4.68 Å². The van der Waals surface area contributed by atoms with Crippen LogP contribution in [0.1, 0.15) is 25.3 Å². The topological polar surface area (TPSA) is 63.8 Å². The van der Waals surface area contributed by atoms with E-state index in [0.29, 0.717) is 6.04 Å². The van der Waals surface area contributed by atoms with Crippen LogP contribution in [-0.4, -0.2) is 37.7 Å². The van der Waals surface area contributed by atoms with Crippen LogP contribution >= 0.6 is 11.8 Å². The standard InChI is InChI=1S/C7H12N4OS/c12-4-1-5-13-7-8-9-10-11(7)6-2-3-6/h6,12H,1-5H2. The zero-order valence-electron chi connectivity index (χ0n) is 7.26. The Bertz CT molecular complexity index is 273. The lowest BCUT2D eigenvalue weighted by Crippen LogP contribution is -1.99. The summed E-state index contributed by atoms with van der Waals surface area (Å²) in [7, 11) is 0. The minimum Gasteiger partial charge on any atom is -0.396 e. The Hall–Kier alpha value is -0.620. The van der Waals surface area contributed by atoms with Crippen LogP contribution in [0.3, 0.4) is 0 Å². The molecule has 0 amide bonds. The third kappa shape index (κ3) is 2.19. The number of nitrogens with zero attached hydrogens (tertiary/aromatic N) is 4. The van der Waals surface area contributed by atoms with Crippen molar-refractivity contribution in [3.05, 3.63) is 0 Å². The fourth-order valence-corrected chi connectivity index (χ4v) is 1.92. The predicted octanol–water partition coefficient (Wildman–Crippen LogP) is 0.482. The number of aromatic nitrogens is 4. The van der Waals surface area contributed by atoms with Crippen molar-refractivity contribution in [2.75, 3.05) is 12.4 Å². The third-order valence-electron chi connectivity index (χ3n) is 1.89. The Kier molecular flexibility index (Phi) is 2.80. The Labute approximate surface area is 80.5 Å². The lowest BCUT2D eigenvalue weighted by Gasteiger charge is -2.00.